The van der Waals surface area contributed by atoms with Crippen LogP contribution in [0.2, 0.25) is 0 Å². The van der Waals surface area contributed by atoms with E-state index in [0.717, 1.165) is 47.7 Å². The maximum Gasteiger partial charge on any atom is 0.241 e. The van der Waals surface area contributed by atoms with Crippen LogP contribution < -0.4 is 16.0 Å². The van der Waals surface area contributed by atoms with Gasteiger partial charge in [0.05, 0.1) is 4.90 Å². The Hall–Kier alpha value is -3.38. The summed E-state index contributed by atoms with van der Waals surface area (Å²) >= 11 is 0. The largest absolute Gasteiger partial charge is 0.341 e. The molecule has 182 valence electrons. The lowest BCUT2D eigenvalue weighted by atomic mass is 10.1. The minimum atomic E-state index is -3.94. The van der Waals surface area contributed by atoms with Crippen molar-refractivity contribution in [1.29, 1.82) is 0 Å². The predicted octanol–water partition coefficient (Wildman–Crippen LogP) is 3.62. The van der Waals surface area contributed by atoms with Crippen LogP contribution in [0, 0.1) is 11.8 Å². The molecule has 1 saturated carbocycles. The lowest BCUT2D eigenvalue weighted by Crippen LogP contribution is -2.49. The lowest BCUT2D eigenvalue weighted by molar-refractivity contribution is -0.133. The number of amides is 1. The second-order valence-corrected chi connectivity index (χ2v) is 10.5. The molecule has 0 aliphatic heterocycles. The lowest BCUT2D eigenvalue weighted by Gasteiger charge is -2.28. The molecular weight excluding hydrogens is 460 g/mol. The number of rotatable bonds is 7. The number of benzene rings is 3. The number of hydrogen-bond acceptors (Lipinski definition) is 5. The molecule has 0 heterocycles. The van der Waals surface area contributed by atoms with Crippen LogP contribution >= 0.6 is 0 Å². The highest BCUT2D eigenvalue weighted by Gasteiger charge is 2.31. The number of nitrogens with zero attached hydrogens (tertiary/aromatic N) is 1. The van der Waals surface area contributed by atoms with Crippen molar-refractivity contribution < 1.29 is 13.2 Å². The molecule has 1 aliphatic rings. The van der Waals surface area contributed by atoms with Gasteiger partial charge in [0.15, 0.2) is 0 Å². The van der Waals surface area contributed by atoms with Gasteiger partial charge in [-0.25, -0.2) is 8.42 Å². The Kier molecular flexibility index (Phi) is 7.71. The van der Waals surface area contributed by atoms with Gasteiger partial charge in [0.1, 0.15) is 6.04 Å². The predicted molar refractivity (Wildman–Crippen MR) is 139 cm³/mol. The summed E-state index contributed by atoms with van der Waals surface area (Å²) in [6.07, 6.45) is 4.06. The Morgan fingerprint density at radius 1 is 1.06 bits per heavy atom. The fourth-order valence-electron chi connectivity index (χ4n) is 4.39. The number of hydrazine groups is 1. The molecule has 7 nitrogen and oxygen atoms in total. The first-order valence-electron chi connectivity index (χ1n) is 11.7. The summed E-state index contributed by atoms with van der Waals surface area (Å²) in [6.45, 7) is 0. The van der Waals surface area contributed by atoms with Crippen molar-refractivity contribution in [2.75, 3.05) is 12.5 Å². The molecule has 0 radical (unpaired) electrons. The average molecular weight is 491 g/mol. The molecule has 3 aromatic rings. The number of carbonyl (C=O) groups is 1. The van der Waals surface area contributed by atoms with Crippen molar-refractivity contribution in [3.63, 3.8) is 0 Å². The minimum absolute atomic E-state index is 0.0552. The van der Waals surface area contributed by atoms with Crippen molar-refractivity contribution >= 4 is 32.4 Å². The van der Waals surface area contributed by atoms with Crippen LogP contribution in [0.25, 0.3) is 10.8 Å². The van der Waals surface area contributed by atoms with E-state index in [4.69, 9.17) is 5.84 Å². The Labute approximate surface area is 206 Å². The fraction of sp³-hybridized carbons (Fsp3) is 0.296. The summed E-state index contributed by atoms with van der Waals surface area (Å²) in [5, 5.41) is 1.76. The number of carbonyl (C=O) groups excluding carboxylic acids is 1. The molecule has 1 fully saturated rings. The number of hydrogen-bond donors (Lipinski definition) is 3. The average Bonchev–Trinajstić information content (AvgIpc) is 3.42. The smallest absolute Gasteiger partial charge is 0.241 e. The van der Waals surface area contributed by atoms with Crippen LogP contribution in [0.3, 0.4) is 0 Å². The number of nitrogens with two attached hydrogens (primary N) is 1. The van der Waals surface area contributed by atoms with E-state index in [2.05, 4.69) is 22.0 Å². The van der Waals surface area contributed by atoms with E-state index in [1.54, 1.807) is 42.3 Å². The molecule has 0 spiro atoms. The number of fused-ring (bicyclic) bond motifs is 1. The molecule has 3 aromatic carbocycles. The van der Waals surface area contributed by atoms with Gasteiger partial charge in [-0.05, 0) is 60.0 Å². The van der Waals surface area contributed by atoms with Gasteiger partial charge in [-0.3, -0.25) is 10.6 Å². The molecule has 0 bridgehead atoms. The monoisotopic (exact) mass is 490 g/mol. The molecule has 1 aliphatic carbocycles. The van der Waals surface area contributed by atoms with E-state index in [-0.39, 0.29) is 23.3 Å². The number of anilines is 1. The first kappa shape index (κ1) is 24.7. The molecule has 1 atom stereocenters. The summed E-state index contributed by atoms with van der Waals surface area (Å²) < 4.78 is 29.2. The first-order valence-corrected chi connectivity index (χ1v) is 13.2. The quantitative estimate of drug-likeness (QED) is 0.267. The van der Waals surface area contributed by atoms with Crippen molar-refractivity contribution in [3.05, 3.63) is 72.3 Å². The standard InChI is InChI=1S/C27H30N4O3S/c1-31(24-10-4-5-11-24)27(32)26(12-6-7-20-13-16-23(29-28)17-14-20)30-35(33,34)25-18-15-21-8-2-3-9-22(21)19-25/h2-3,8-9,13-19,24,26,29-30H,4-5,10-12,28H2,1H3/t26-/m0/s1. The van der Waals surface area contributed by atoms with E-state index in [1.807, 2.05) is 36.4 Å². The number of nitrogen functional groups attached to an aromatic ring is 1. The van der Waals surface area contributed by atoms with E-state index in [0.29, 0.717) is 0 Å². The Morgan fingerprint density at radius 2 is 1.74 bits per heavy atom. The SMILES string of the molecule is CN(C(=O)[C@H](CC#Cc1ccc(NN)cc1)NS(=O)(=O)c1ccc2ccccc2c1)C1CCCC1. The van der Waals surface area contributed by atoms with Crippen LogP contribution in [0.1, 0.15) is 37.7 Å². The van der Waals surface area contributed by atoms with Crippen LogP contribution in [0.15, 0.2) is 71.6 Å². The van der Waals surface area contributed by atoms with Gasteiger partial charge >= 0.3 is 0 Å². The second kappa shape index (κ2) is 10.9. The fourth-order valence-corrected chi connectivity index (χ4v) is 5.62. The molecule has 4 N–H and O–H groups in total. The normalized spacial score (nSPS) is 14.8. The molecule has 0 saturated heterocycles. The third-order valence-electron chi connectivity index (χ3n) is 6.44. The zero-order chi connectivity index (χ0) is 24.8. The summed E-state index contributed by atoms with van der Waals surface area (Å²) in [4.78, 5) is 15.2. The Morgan fingerprint density at radius 3 is 2.43 bits per heavy atom. The highest BCUT2D eigenvalue weighted by molar-refractivity contribution is 7.89. The van der Waals surface area contributed by atoms with Gasteiger partial charge in [0.2, 0.25) is 15.9 Å². The van der Waals surface area contributed by atoms with Crippen LogP contribution in [-0.2, 0) is 14.8 Å². The highest BCUT2D eigenvalue weighted by atomic mass is 32.2. The van der Waals surface area contributed by atoms with E-state index in [1.165, 1.54) is 0 Å². The summed E-state index contributed by atoms with van der Waals surface area (Å²) in [6, 6.07) is 18.8. The van der Waals surface area contributed by atoms with Crippen LogP contribution in [0.4, 0.5) is 5.69 Å². The second-order valence-electron chi connectivity index (χ2n) is 8.80. The third-order valence-corrected chi connectivity index (χ3v) is 7.91. The molecule has 0 unspecified atom stereocenters. The molecule has 4 rings (SSSR count). The maximum absolute atomic E-state index is 13.4. The number of nitrogens with one attached hydrogen (secondary N) is 2. The summed E-state index contributed by atoms with van der Waals surface area (Å²) in [5.74, 6) is 11.1. The van der Waals surface area contributed by atoms with Gasteiger partial charge in [0, 0.05) is 30.8 Å². The van der Waals surface area contributed by atoms with Crippen molar-refractivity contribution in [2.45, 2.75) is 49.1 Å². The Balaban J connectivity index is 1.58. The topological polar surface area (TPSA) is 105 Å². The maximum atomic E-state index is 13.4. The van der Waals surface area contributed by atoms with Gasteiger partial charge in [-0.1, -0.05) is 55.0 Å². The van der Waals surface area contributed by atoms with Crippen molar-refractivity contribution in [2.24, 2.45) is 5.84 Å². The van der Waals surface area contributed by atoms with E-state index < -0.39 is 16.1 Å². The molecule has 8 heteroatoms. The van der Waals surface area contributed by atoms with E-state index in [9.17, 15) is 13.2 Å². The van der Waals surface area contributed by atoms with Crippen LogP contribution in [-0.4, -0.2) is 38.4 Å². The third kappa shape index (κ3) is 6.01. The van der Waals surface area contributed by atoms with Gasteiger partial charge in [-0.2, -0.15) is 4.72 Å². The highest BCUT2D eigenvalue weighted by Crippen LogP contribution is 2.24. The van der Waals surface area contributed by atoms with Gasteiger partial charge < -0.3 is 10.3 Å². The van der Waals surface area contributed by atoms with Gasteiger partial charge in [-0.15, -0.1) is 0 Å². The molecule has 35 heavy (non-hydrogen) atoms. The van der Waals surface area contributed by atoms with E-state index >= 15 is 0 Å². The van der Waals surface area contributed by atoms with Crippen molar-refractivity contribution in [1.82, 2.24) is 9.62 Å². The van der Waals surface area contributed by atoms with Crippen LogP contribution in [0.5, 0.6) is 0 Å². The minimum Gasteiger partial charge on any atom is -0.341 e. The molecule has 1 amide bonds. The number of likely N-dealkylation sites (N-methyl/N-ethyl adjacent to an activating group) is 1. The number of sulfonamides is 1. The molecule has 0 aromatic heterocycles. The Bertz CT molecular complexity index is 1350. The summed E-state index contributed by atoms with van der Waals surface area (Å²) in [7, 11) is -2.19. The zero-order valence-electron chi connectivity index (χ0n) is 19.7. The summed E-state index contributed by atoms with van der Waals surface area (Å²) in [5.41, 5.74) is 4.06. The first-order chi connectivity index (χ1) is 16.9. The molecular formula is C27H30N4O3S. The van der Waals surface area contributed by atoms with Gasteiger partial charge in [0.25, 0.3) is 0 Å². The zero-order valence-corrected chi connectivity index (χ0v) is 20.5. The van der Waals surface area contributed by atoms with Crippen molar-refractivity contribution in [3.8, 4) is 11.8 Å².